The van der Waals surface area contributed by atoms with Crippen LogP contribution in [0.2, 0.25) is 0 Å². The molecule has 260 valence electrons. The second-order valence-electron chi connectivity index (χ2n) is 15.8. The minimum absolute atomic E-state index is 0.0967. The van der Waals surface area contributed by atoms with Gasteiger partial charge in [0.1, 0.15) is 0 Å². The number of anilines is 6. The van der Waals surface area contributed by atoms with Crippen molar-refractivity contribution in [2.45, 2.75) is 38.5 Å². The predicted molar refractivity (Wildman–Crippen MR) is 228 cm³/mol. The highest BCUT2D eigenvalue weighted by Gasteiger charge is 2.41. The summed E-state index contributed by atoms with van der Waals surface area (Å²) in [7, 11) is 0. The summed E-state index contributed by atoms with van der Waals surface area (Å²) in [5.74, 6) is 0. The van der Waals surface area contributed by atoms with Crippen LogP contribution in [0.25, 0.3) is 33.0 Å². The van der Waals surface area contributed by atoms with Gasteiger partial charge in [0.05, 0.1) is 22.7 Å². The Kier molecular flexibility index (Phi) is 7.22. The Morgan fingerprint density at radius 1 is 0.426 bits per heavy atom. The van der Waals surface area contributed by atoms with Crippen LogP contribution in [0.15, 0.2) is 182 Å². The van der Waals surface area contributed by atoms with Crippen molar-refractivity contribution in [3.8, 4) is 22.3 Å². The van der Waals surface area contributed by atoms with Crippen molar-refractivity contribution in [1.29, 1.82) is 0 Å². The smallest absolute Gasteiger partial charge is 0.0618 e. The van der Waals surface area contributed by atoms with Gasteiger partial charge >= 0.3 is 0 Å². The lowest BCUT2D eigenvalue weighted by Gasteiger charge is -2.45. The van der Waals surface area contributed by atoms with Gasteiger partial charge in [-0.3, -0.25) is 0 Å². The molecule has 0 radical (unpaired) electrons. The molecule has 10 rings (SSSR count). The fourth-order valence-electron chi connectivity index (χ4n) is 9.43. The van der Waals surface area contributed by atoms with Crippen LogP contribution in [-0.4, -0.2) is 0 Å². The molecule has 0 fully saturated rings. The Balaban J connectivity index is 1.27. The molecule has 0 amide bonds. The third-order valence-corrected chi connectivity index (χ3v) is 12.0. The molecule has 54 heavy (non-hydrogen) atoms. The minimum atomic E-state index is -0.311. The molecular formula is C52H42N2. The Morgan fingerprint density at radius 3 is 1.78 bits per heavy atom. The summed E-state index contributed by atoms with van der Waals surface area (Å²) in [5.41, 5.74) is 17.1. The second kappa shape index (κ2) is 12.1. The summed E-state index contributed by atoms with van der Waals surface area (Å²) in [6.07, 6.45) is 0. The van der Waals surface area contributed by atoms with Gasteiger partial charge in [-0.05, 0) is 87.3 Å². The van der Waals surface area contributed by atoms with Crippen molar-refractivity contribution < 1.29 is 0 Å². The Hall–Kier alpha value is -6.38. The maximum atomic E-state index is 2.57. The highest BCUT2D eigenvalue weighted by atomic mass is 15.2. The number of hydrogen-bond acceptors (Lipinski definition) is 2. The molecule has 0 bridgehead atoms. The maximum absolute atomic E-state index is 2.57. The largest absolute Gasteiger partial charge is 0.310 e. The first-order chi connectivity index (χ1) is 26.3. The van der Waals surface area contributed by atoms with Crippen LogP contribution in [0.5, 0.6) is 0 Å². The third kappa shape index (κ3) is 4.73. The van der Waals surface area contributed by atoms with Gasteiger partial charge in [-0.15, -0.1) is 0 Å². The van der Waals surface area contributed by atoms with Crippen LogP contribution in [0.3, 0.4) is 0 Å². The van der Waals surface area contributed by atoms with E-state index in [0.29, 0.717) is 0 Å². The van der Waals surface area contributed by atoms with Gasteiger partial charge in [-0.1, -0.05) is 161 Å². The molecular weight excluding hydrogens is 653 g/mol. The molecule has 0 unspecified atom stereocenters. The Labute approximate surface area is 318 Å². The zero-order valence-electron chi connectivity index (χ0n) is 31.2. The van der Waals surface area contributed by atoms with Gasteiger partial charge in [-0.2, -0.15) is 0 Å². The molecule has 8 aromatic rings. The van der Waals surface area contributed by atoms with E-state index in [1.54, 1.807) is 0 Å². The highest BCUT2D eigenvalue weighted by Crippen LogP contribution is 2.59. The zero-order chi connectivity index (χ0) is 36.6. The number of rotatable bonds is 5. The number of nitrogens with zero attached hydrogens (tertiary/aromatic N) is 2. The van der Waals surface area contributed by atoms with E-state index in [4.69, 9.17) is 0 Å². The van der Waals surface area contributed by atoms with Gasteiger partial charge in [0.15, 0.2) is 0 Å². The maximum Gasteiger partial charge on any atom is 0.0618 e. The van der Waals surface area contributed by atoms with E-state index in [0.717, 1.165) is 11.4 Å². The lowest BCUT2D eigenvalue weighted by atomic mass is 9.72. The fraction of sp³-hybridized carbons (Fsp3) is 0.115. The molecule has 0 aromatic heterocycles. The Bertz CT molecular complexity index is 2680. The summed E-state index contributed by atoms with van der Waals surface area (Å²) in [4.78, 5) is 5.00. The fourth-order valence-corrected chi connectivity index (χ4v) is 9.43. The summed E-state index contributed by atoms with van der Waals surface area (Å²) in [6, 6.07) is 67.1. The first kappa shape index (κ1) is 32.3. The van der Waals surface area contributed by atoms with E-state index in [2.05, 4.69) is 219 Å². The van der Waals surface area contributed by atoms with E-state index in [9.17, 15) is 0 Å². The van der Waals surface area contributed by atoms with Gasteiger partial charge in [0.2, 0.25) is 0 Å². The predicted octanol–water partition coefficient (Wildman–Crippen LogP) is 14.4. The normalized spacial score (nSPS) is 14.6. The van der Waals surface area contributed by atoms with E-state index < -0.39 is 0 Å². The molecule has 0 saturated carbocycles. The molecule has 2 nitrogen and oxygen atoms in total. The van der Waals surface area contributed by atoms with Gasteiger partial charge < -0.3 is 9.80 Å². The topological polar surface area (TPSA) is 6.48 Å². The summed E-state index contributed by atoms with van der Waals surface area (Å²) in [6.45, 7) is 9.53. The Morgan fingerprint density at radius 2 is 1.02 bits per heavy atom. The van der Waals surface area contributed by atoms with Crippen molar-refractivity contribution >= 4 is 44.9 Å². The second-order valence-corrected chi connectivity index (χ2v) is 15.8. The standard InChI is InChI=1S/C52H42N2/c1-51(2)43-25-14-13-24-41(43)42-33-31-36(34-45(42)51)40-32-30-35-18-11-12-23-39(35)50(40)54-46-27-16-15-26-44(46)52(3,4)49-47(28-17-29-48(49)54)53(37-19-7-5-8-20-37)38-21-9-6-10-22-38/h5-34H,1-4H3. The van der Waals surface area contributed by atoms with Gasteiger partial charge in [0.25, 0.3) is 0 Å². The molecule has 1 heterocycles. The minimum Gasteiger partial charge on any atom is -0.310 e. The molecule has 0 atom stereocenters. The summed E-state index contributed by atoms with van der Waals surface area (Å²) >= 11 is 0. The van der Waals surface area contributed by atoms with Crippen LogP contribution in [0.1, 0.15) is 49.9 Å². The van der Waals surface area contributed by atoms with Crippen molar-refractivity contribution in [3.05, 3.63) is 204 Å². The molecule has 2 heteroatoms. The molecule has 1 aliphatic heterocycles. The first-order valence-electron chi connectivity index (χ1n) is 19.0. The monoisotopic (exact) mass is 694 g/mol. The number of hydrogen-bond donors (Lipinski definition) is 0. The molecule has 0 spiro atoms. The average Bonchev–Trinajstić information content (AvgIpc) is 3.44. The summed E-state index contributed by atoms with van der Waals surface area (Å²) < 4.78 is 0. The molecule has 0 N–H and O–H groups in total. The molecule has 0 saturated heterocycles. The van der Waals surface area contributed by atoms with Gasteiger partial charge in [0, 0.05) is 38.7 Å². The lowest BCUT2D eigenvalue weighted by molar-refractivity contribution is 0.632. The van der Waals surface area contributed by atoms with Crippen LogP contribution >= 0.6 is 0 Å². The van der Waals surface area contributed by atoms with Gasteiger partial charge in [-0.25, -0.2) is 0 Å². The quantitative estimate of drug-likeness (QED) is 0.177. The number of benzene rings is 8. The van der Waals surface area contributed by atoms with Crippen molar-refractivity contribution in [3.63, 3.8) is 0 Å². The third-order valence-electron chi connectivity index (χ3n) is 12.0. The molecule has 8 aromatic carbocycles. The van der Waals surface area contributed by atoms with Crippen LogP contribution in [0, 0.1) is 0 Å². The highest BCUT2D eigenvalue weighted by molar-refractivity contribution is 6.08. The van der Waals surface area contributed by atoms with Crippen LogP contribution < -0.4 is 9.80 Å². The van der Waals surface area contributed by atoms with Crippen LogP contribution in [0.4, 0.5) is 34.1 Å². The van der Waals surface area contributed by atoms with Crippen molar-refractivity contribution in [2.75, 3.05) is 9.80 Å². The average molecular weight is 695 g/mol. The number of para-hydroxylation sites is 3. The van der Waals surface area contributed by atoms with E-state index in [1.165, 1.54) is 78.0 Å². The molecule has 1 aliphatic carbocycles. The van der Waals surface area contributed by atoms with Crippen LogP contribution in [-0.2, 0) is 10.8 Å². The number of fused-ring (bicyclic) bond motifs is 6. The van der Waals surface area contributed by atoms with E-state index >= 15 is 0 Å². The van der Waals surface area contributed by atoms with E-state index in [1.807, 2.05) is 0 Å². The first-order valence-corrected chi connectivity index (χ1v) is 19.0. The van der Waals surface area contributed by atoms with Crippen molar-refractivity contribution in [1.82, 2.24) is 0 Å². The lowest BCUT2D eigenvalue weighted by Crippen LogP contribution is -2.32. The zero-order valence-corrected chi connectivity index (χ0v) is 31.2. The van der Waals surface area contributed by atoms with E-state index in [-0.39, 0.29) is 10.8 Å². The summed E-state index contributed by atoms with van der Waals surface area (Å²) in [5, 5.41) is 2.45. The van der Waals surface area contributed by atoms with Crippen molar-refractivity contribution in [2.24, 2.45) is 0 Å². The SMILES string of the molecule is CC1(C)c2ccccc2-c2ccc(-c3ccc4ccccc4c3N3c4ccccc4C(C)(C)c4c(N(c5ccccc5)c5ccccc5)cccc43)cc21. The molecule has 2 aliphatic rings.